The molecule has 0 aliphatic carbocycles. The van der Waals surface area contributed by atoms with Gasteiger partial charge in [-0.15, -0.1) is 0 Å². The molecule has 0 saturated heterocycles. The maximum absolute atomic E-state index is 12.4. The van der Waals surface area contributed by atoms with Crippen molar-refractivity contribution in [1.29, 1.82) is 5.41 Å². The molecule has 0 bridgehead atoms. The predicted octanol–water partition coefficient (Wildman–Crippen LogP) is 1.23. The van der Waals surface area contributed by atoms with Crippen LogP contribution in [0.2, 0.25) is 0 Å². The summed E-state index contributed by atoms with van der Waals surface area (Å²) in [5.41, 5.74) is 4.88. The average molecular weight is 316 g/mol. The Bertz CT molecular complexity index is 862. The number of aliphatic imine (C=N–C) groups is 1. The Balaban J connectivity index is 2.38. The molecule has 120 valence electrons. The Labute approximate surface area is 131 Å². The molecule has 23 heavy (non-hydrogen) atoms. The van der Waals surface area contributed by atoms with E-state index in [9.17, 15) is 14.9 Å². The third-order valence-electron chi connectivity index (χ3n) is 3.39. The van der Waals surface area contributed by atoms with Crippen molar-refractivity contribution in [3.8, 4) is 5.69 Å². The monoisotopic (exact) mass is 316 g/mol. The van der Waals surface area contributed by atoms with Crippen molar-refractivity contribution in [2.24, 2.45) is 4.99 Å². The van der Waals surface area contributed by atoms with Crippen molar-refractivity contribution in [3.63, 3.8) is 0 Å². The molecule has 1 aromatic heterocycles. The van der Waals surface area contributed by atoms with Gasteiger partial charge in [0.25, 0.3) is 11.5 Å². The number of nitro groups is 1. The number of benzene rings is 1. The lowest BCUT2D eigenvalue weighted by molar-refractivity contribution is -0.525. The summed E-state index contributed by atoms with van der Waals surface area (Å²) in [7, 11) is 0. The largest absolute Gasteiger partial charge is 0.295 e. The number of aryl methyl sites for hydroxylation is 3. The molecule has 0 spiro atoms. The normalized spacial score (nSPS) is 10.9. The maximum atomic E-state index is 12.4. The van der Waals surface area contributed by atoms with Gasteiger partial charge in [0.1, 0.15) is 0 Å². The van der Waals surface area contributed by atoms with Gasteiger partial charge in [0.2, 0.25) is 0 Å². The molecule has 1 aromatic carbocycles. The molecule has 0 unspecified atom stereocenters. The van der Waals surface area contributed by atoms with Crippen LogP contribution in [0.3, 0.4) is 0 Å². The van der Waals surface area contributed by atoms with Crippen molar-refractivity contribution in [2.75, 3.05) is 0 Å². The molecule has 0 aliphatic heterocycles. The zero-order valence-electron chi connectivity index (χ0n) is 12.9. The Kier molecular flexibility index (Phi) is 4.39. The van der Waals surface area contributed by atoms with Crippen LogP contribution in [-0.4, -0.2) is 27.0 Å². The van der Waals surface area contributed by atoms with Crippen molar-refractivity contribution >= 4 is 12.2 Å². The number of hydrazine groups is 1. The van der Waals surface area contributed by atoms with Gasteiger partial charge >= 0.3 is 0 Å². The SMILES string of the molecule is Cc1ccc(-n2[nH]c(C)c(/C=N/C(=N)N[N+](=O)[O-])c2=O)cc1C. The van der Waals surface area contributed by atoms with Gasteiger partial charge in [0.05, 0.1) is 11.3 Å². The smallest absolute Gasteiger partial charge is 0.280 e. The van der Waals surface area contributed by atoms with Crippen molar-refractivity contribution in [3.05, 3.63) is 61.1 Å². The molecule has 9 nitrogen and oxygen atoms in total. The number of aromatic amines is 1. The lowest BCUT2D eigenvalue weighted by atomic mass is 10.1. The van der Waals surface area contributed by atoms with Crippen LogP contribution in [0.5, 0.6) is 0 Å². The standard InChI is InChI=1S/C14H16N6O3/c1-8-4-5-11(6-9(8)2)19-13(21)12(10(3)17-19)7-16-14(15)18-20(22)23/h4-7,17H,1-3H3,(H2,15,18)/b16-7+. The number of guanidine groups is 1. The van der Waals surface area contributed by atoms with Crippen molar-refractivity contribution in [2.45, 2.75) is 20.8 Å². The van der Waals surface area contributed by atoms with E-state index in [1.165, 1.54) is 4.68 Å². The fourth-order valence-electron chi connectivity index (χ4n) is 2.00. The minimum Gasteiger partial charge on any atom is -0.295 e. The molecule has 9 heteroatoms. The number of nitrogens with zero attached hydrogens (tertiary/aromatic N) is 3. The highest BCUT2D eigenvalue weighted by atomic mass is 16.7. The Morgan fingerprint density at radius 2 is 2.09 bits per heavy atom. The van der Waals surface area contributed by atoms with E-state index in [4.69, 9.17) is 5.41 Å². The second-order valence-corrected chi connectivity index (χ2v) is 5.04. The van der Waals surface area contributed by atoms with Gasteiger partial charge in [-0.05, 0) is 44.0 Å². The van der Waals surface area contributed by atoms with Crippen LogP contribution in [0, 0.1) is 36.3 Å². The van der Waals surface area contributed by atoms with Crippen LogP contribution in [0.25, 0.3) is 5.69 Å². The first-order chi connectivity index (χ1) is 10.8. The van der Waals surface area contributed by atoms with E-state index >= 15 is 0 Å². The highest BCUT2D eigenvalue weighted by molar-refractivity contribution is 5.92. The van der Waals surface area contributed by atoms with Gasteiger partial charge < -0.3 is 0 Å². The summed E-state index contributed by atoms with van der Waals surface area (Å²) in [5.74, 6) is -0.660. The Hall–Kier alpha value is -3.23. The lowest BCUT2D eigenvalue weighted by Gasteiger charge is -2.05. The minimum atomic E-state index is -0.892. The van der Waals surface area contributed by atoms with E-state index in [-0.39, 0.29) is 11.1 Å². The molecule has 2 aromatic rings. The number of hydrogen-bond acceptors (Lipinski definition) is 4. The van der Waals surface area contributed by atoms with Crippen LogP contribution in [0.1, 0.15) is 22.4 Å². The summed E-state index contributed by atoms with van der Waals surface area (Å²) >= 11 is 0. The summed E-state index contributed by atoms with van der Waals surface area (Å²) in [5, 5.41) is 19.5. The summed E-state index contributed by atoms with van der Waals surface area (Å²) in [4.78, 5) is 26.2. The van der Waals surface area contributed by atoms with Crippen LogP contribution >= 0.6 is 0 Å². The van der Waals surface area contributed by atoms with E-state index in [0.717, 1.165) is 17.3 Å². The predicted molar refractivity (Wildman–Crippen MR) is 86.1 cm³/mol. The first kappa shape index (κ1) is 16.1. The van der Waals surface area contributed by atoms with Gasteiger partial charge in [-0.25, -0.2) is 19.8 Å². The van der Waals surface area contributed by atoms with Crippen LogP contribution in [-0.2, 0) is 0 Å². The zero-order chi connectivity index (χ0) is 17.1. The number of nitrogens with one attached hydrogen (secondary N) is 3. The highest BCUT2D eigenvalue weighted by Crippen LogP contribution is 2.12. The topological polar surface area (TPSA) is 129 Å². The molecule has 0 saturated carbocycles. The van der Waals surface area contributed by atoms with Gasteiger partial charge in [0, 0.05) is 11.9 Å². The second-order valence-electron chi connectivity index (χ2n) is 5.04. The molecule has 0 amide bonds. The van der Waals surface area contributed by atoms with Gasteiger partial charge in [-0.1, -0.05) is 11.5 Å². The number of aromatic nitrogens is 2. The van der Waals surface area contributed by atoms with Crippen molar-refractivity contribution < 1.29 is 5.03 Å². The molecule has 0 aliphatic rings. The molecule has 0 atom stereocenters. The van der Waals surface area contributed by atoms with Crippen molar-refractivity contribution in [1.82, 2.24) is 15.2 Å². The van der Waals surface area contributed by atoms with E-state index in [0.29, 0.717) is 11.4 Å². The lowest BCUT2D eigenvalue weighted by Crippen LogP contribution is -2.27. The van der Waals surface area contributed by atoms with E-state index in [2.05, 4.69) is 10.1 Å². The summed E-state index contributed by atoms with van der Waals surface area (Å²) in [6, 6.07) is 5.61. The number of hydrogen-bond donors (Lipinski definition) is 3. The Morgan fingerprint density at radius 3 is 2.70 bits per heavy atom. The molecular formula is C14H16N6O3. The highest BCUT2D eigenvalue weighted by Gasteiger charge is 2.11. The zero-order valence-corrected chi connectivity index (χ0v) is 12.9. The number of H-pyrrole nitrogens is 1. The molecule has 0 radical (unpaired) electrons. The first-order valence-corrected chi connectivity index (χ1v) is 6.72. The third-order valence-corrected chi connectivity index (χ3v) is 3.39. The van der Waals surface area contributed by atoms with Gasteiger partial charge in [0.15, 0.2) is 5.03 Å². The summed E-state index contributed by atoms with van der Waals surface area (Å²) in [6.07, 6.45) is 1.13. The quantitative estimate of drug-likeness (QED) is 0.340. The minimum absolute atomic E-state index is 0.234. The average Bonchev–Trinajstić information content (AvgIpc) is 2.74. The van der Waals surface area contributed by atoms with Gasteiger partial charge in [-0.3, -0.25) is 15.3 Å². The van der Waals surface area contributed by atoms with Gasteiger partial charge in [-0.2, -0.15) is 0 Å². The van der Waals surface area contributed by atoms with E-state index in [1.54, 1.807) is 12.3 Å². The summed E-state index contributed by atoms with van der Waals surface area (Å²) < 4.78 is 1.37. The molecular weight excluding hydrogens is 300 g/mol. The second kappa shape index (κ2) is 6.26. The fourth-order valence-corrected chi connectivity index (χ4v) is 2.00. The summed E-state index contributed by atoms with van der Waals surface area (Å²) in [6.45, 7) is 5.62. The first-order valence-electron chi connectivity index (χ1n) is 6.72. The fraction of sp³-hybridized carbons (Fsp3) is 0.214. The Morgan fingerprint density at radius 1 is 1.39 bits per heavy atom. The molecule has 2 rings (SSSR count). The van der Waals surface area contributed by atoms with E-state index in [1.807, 2.05) is 32.0 Å². The van der Waals surface area contributed by atoms with Crippen LogP contribution in [0.4, 0.5) is 0 Å². The maximum Gasteiger partial charge on any atom is 0.280 e. The van der Waals surface area contributed by atoms with Crippen LogP contribution in [0.15, 0.2) is 28.0 Å². The molecule has 0 fully saturated rings. The number of rotatable bonds is 3. The third kappa shape index (κ3) is 3.51. The molecule has 3 N–H and O–H groups in total. The van der Waals surface area contributed by atoms with Crippen LogP contribution < -0.4 is 11.0 Å². The van der Waals surface area contributed by atoms with E-state index < -0.39 is 11.0 Å². The molecule has 1 heterocycles.